The van der Waals surface area contributed by atoms with E-state index in [0.29, 0.717) is 86.0 Å². The number of aromatic nitrogens is 5. The Bertz CT molecular complexity index is 2810. The Kier molecular flexibility index (Phi) is 11.1. The van der Waals surface area contributed by atoms with Crippen LogP contribution in [-0.4, -0.2) is 66.4 Å². The predicted octanol–water partition coefficient (Wildman–Crippen LogP) is 9.47. The summed E-state index contributed by atoms with van der Waals surface area (Å²) < 4.78 is 15.8. The average molecular weight is 848 g/mol. The summed E-state index contributed by atoms with van der Waals surface area (Å²) in [6, 6.07) is 18.1. The molecule has 0 saturated heterocycles. The van der Waals surface area contributed by atoms with E-state index in [0.717, 1.165) is 38.9 Å². The molecule has 3 aromatic carbocycles. The number of methoxy groups -OCH3 is 1. The summed E-state index contributed by atoms with van der Waals surface area (Å²) in [6.45, 7) is 10.2. The molecule has 0 saturated carbocycles. The van der Waals surface area contributed by atoms with Crippen molar-refractivity contribution in [1.82, 2.24) is 24.1 Å². The van der Waals surface area contributed by atoms with Gasteiger partial charge >= 0.3 is 5.97 Å². The molecule has 1 aliphatic heterocycles. The number of aliphatic hydroxyl groups excluding tert-OH is 1. The van der Waals surface area contributed by atoms with Crippen molar-refractivity contribution in [2.45, 2.75) is 66.7 Å². The molecule has 12 nitrogen and oxygen atoms in total. The van der Waals surface area contributed by atoms with Gasteiger partial charge in [0.15, 0.2) is 5.82 Å². The van der Waals surface area contributed by atoms with Crippen LogP contribution in [0.15, 0.2) is 66.9 Å². The number of ether oxygens (including phenoxy) is 2. The maximum absolute atomic E-state index is 15.5. The molecule has 60 heavy (non-hydrogen) atoms. The Hall–Kier alpha value is -5.95. The quantitative estimate of drug-likeness (QED) is 0.115. The lowest BCUT2D eigenvalue weighted by molar-refractivity contribution is 0.0686. The number of carboxylic acid groups (broad SMARTS) is 1. The van der Waals surface area contributed by atoms with Crippen LogP contribution in [0.2, 0.25) is 10.0 Å². The summed E-state index contributed by atoms with van der Waals surface area (Å²) in [5.41, 5.74) is 8.51. The van der Waals surface area contributed by atoms with Gasteiger partial charge < -0.3 is 33.7 Å². The fraction of sp³-hybridized carbons (Fsp3) is 0.283. The minimum atomic E-state index is -1.12. The number of carbonyl (C=O) groups excluding carboxylic acids is 1. The van der Waals surface area contributed by atoms with Crippen molar-refractivity contribution >= 4 is 62.6 Å². The molecule has 0 radical (unpaired) electrons. The smallest absolute Gasteiger partial charge is 0.352 e. The van der Waals surface area contributed by atoms with E-state index in [4.69, 9.17) is 32.7 Å². The first-order chi connectivity index (χ1) is 28.8. The van der Waals surface area contributed by atoms with E-state index < -0.39 is 5.97 Å². The molecule has 8 rings (SSSR count). The number of hydrogen-bond donors (Lipinski definition) is 2. The minimum Gasteiger partial charge on any atom is -0.496 e. The number of aromatic carboxylic acids is 1. The third-order valence-corrected chi connectivity index (χ3v) is 12.2. The second-order valence-electron chi connectivity index (χ2n) is 15.2. The van der Waals surface area contributed by atoms with E-state index in [-0.39, 0.29) is 37.3 Å². The van der Waals surface area contributed by atoms with E-state index in [2.05, 4.69) is 26.4 Å². The maximum atomic E-state index is 15.5. The highest BCUT2D eigenvalue weighted by Crippen LogP contribution is 2.46. The van der Waals surface area contributed by atoms with Crippen LogP contribution >= 0.6 is 23.2 Å². The van der Waals surface area contributed by atoms with Crippen molar-refractivity contribution in [2.24, 2.45) is 0 Å². The average Bonchev–Trinajstić information content (AvgIpc) is 3.77. The summed E-state index contributed by atoms with van der Waals surface area (Å²) in [5, 5.41) is 23.0. The normalized spacial score (nSPS) is 14.0. The number of fused-ring (bicyclic) bond motifs is 4. The van der Waals surface area contributed by atoms with Gasteiger partial charge in [-0.05, 0) is 113 Å². The van der Waals surface area contributed by atoms with Crippen molar-refractivity contribution in [3.05, 3.63) is 128 Å². The topological polar surface area (TPSA) is 145 Å². The van der Waals surface area contributed by atoms with Crippen molar-refractivity contribution < 1.29 is 29.3 Å². The number of rotatable bonds is 12. The maximum Gasteiger partial charge on any atom is 0.352 e. The molecule has 1 unspecified atom stereocenters. The predicted molar refractivity (Wildman–Crippen MR) is 233 cm³/mol. The van der Waals surface area contributed by atoms with E-state index in [1.165, 1.54) is 7.11 Å². The van der Waals surface area contributed by atoms with Crippen LogP contribution in [-0.2, 0) is 19.6 Å². The van der Waals surface area contributed by atoms with Gasteiger partial charge in [-0.25, -0.2) is 14.8 Å². The van der Waals surface area contributed by atoms with Crippen LogP contribution in [0.25, 0.3) is 32.9 Å². The molecular formula is C46H44Cl2N6O6. The van der Waals surface area contributed by atoms with Crippen LogP contribution in [0.3, 0.4) is 0 Å². The molecule has 1 atom stereocenters. The van der Waals surface area contributed by atoms with Gasteiger partial charge in [0.2, 0.25) is 0 Å². The third kappa shape index (κ3) is 7.02. The molecule has 0 bridgehead atoms. The first-order valence-electron chi connectivity index (χ1n) is 19.7. The highest BCUT2D eigenvalue weighted by atomic mass is 35.5. The zero-order valence-corrected chi connectivity index (χ0v) is 35.6. The zero-order chi connectivity index (χ0) is 42.6. The monoisotopic (exact) mass is 846 g/mol. The number of aliphatic hydroxyl groups is 1. The van der Waals surface area contributed by atoms with E-state index in [1.54, 1.807) is 33.9 Å². The van der Waals surface area contributed by atoms with Crippen LogP contribution < -0.4 is 14.4 Å². The van der Waals surface area contributed by atoms with Gasteiger partial charge in [0.25, 0.3) is 5.91 Å². The minimum absolute atomic E-state index is 0.0410. The second-order valence-corrected chi connectivity index (χ2v) is 16.0. The number of nitrogens with zero attached hydrogens (tertiary/aromatic N) is 6. The molecule has 1 aliphatic rings. The van der Waals surface area contributed by atoms with Crippen molar-refractivity contribution in [1.29, 1.82) is 0 Å². The Morgan fingerprint density at radius 3 is 2.32 bits per heavy atom. The molecule has 2 N–H and O–H groups in total. The molecule has 0 fully saturated rings. The number of aryl methyl sites for hydroxylation is 5. The van der Waals surface area contributed by atoms with E-state index >= 15 is 4.79 Å². The number of hydrogen-bond acceptors (Lipinski definition) is 8. The number of halogens is 2. The first kappa shape index (κ1) is 40.8. The van der Waals surface area contributed by atoms with Gasteiger partial charge in [-0.3, -0.25) is 9.78 Å². The summed E-state index contributed by atoms with van der Waals surface area (Å²) in [7, 11) is 1.54. The molecule has 5 heterocycles. The summed E-state index contributed by atoms with van der Waals surface area (Å²) in [4.78, 5) is 43.7. The lowest BCUT2D eigenvalue weighted by Crippen LogP contribution is -2.43. The van der Waals surface area contributed by atoms with Crippen LogP contribution in [0, 0.1) is 27.7 Å². The molecule has 7 aromatic rings. The SMILES string of the molecule is COc1ccc(N2CC(C)n3c(c(CCCOc4cc(C)c(Cl)c(C)c4)c4ccc(Cl)c(-c5c(C)nc(CO)nc5C)c43)C2=O)c2c1cc(C(=O)O)n2Cc1ccccn1. The number of pyridine rings is 1. The number of benzene rings is 3. The Morgan fingerprint density at radius 1 is 0.933 bits per heavy atom. The lowest BCUT2D eigenvalue weighted by Gasteiger charge is -2.35. The second kappa shape index (κ2) is 16.2. The molecule has 0 spiro atoms. The van der Waals surface area contributed by atoms with Crippen LogP contribution in [0.1, 0.15) is 80.0 Å². The van der Waals surface area contributed by atoms with Gasteiger partial charge in [0.05, 0.1) is 47.7 Å². The Morgan fingerprint density at radius 2 is 1.67 bits per heavy atom. The molecule has 4 aromatic heterocycles. The highest BCUT2D eigenvalue weighted by Gasteiger charge is 2.38. The number of carboxylic acids is 1. The van der Waals surface area contributed by atoms with Gasteiger partial charge in [0.1, 0.15) is 29.5 Å². The van der Waals surface area contributed by atoms with Crippen molar-refractivity contribution in [3.63, 3.8) is 0 Å². The standard InChI is InChI=1S/C46H44Cl2N6O6/c1-24-18-30(19-25(2)41(24)48)60-17-9-11-31-32-12-13-34(47)40(39-27(4)50-38(23-55)51-28(39)5)43(32)54-26(3)21-53(45(56)44(31)54)35-14-15-37(59-6)33-20-36(46(57)58)52(42(33)35)22-29-10-7-8-16-49-29/h7-8,10,12-16,18-20,26,55H,9,11,17,21-23H2,1-6H3,(H,57,58). The van der Waals surface area contributed by atoms with Gasteiger partial charge in [-0.15, -0.1) is 0 Å². The van der Waals surface area contributed by atoms with Gasteiger partial charge in [-0.1, -0.05) is 35.3 Å². The van der Waals surface area contributed by atoms with Crippen LogP contribution in [0.5, 0.6) is 11.5 Å². The van der Waals surface area contributed by atoms with E-state index in [1.807, 2.05) is 70.2 Å². The van der Waals surface area contributed by atoms with Crippen LogP contribution in [0.4, 0.5) is 5.69 Å². The number of amides is 1. The lowest BCUT2D eigenvalue weighted by atomic mass is 9.97. The molecule has 14 heteroatoms. The van der Waals surface area contributed by atoms with Gasteiger partial charge in [0, 0.05) is 57.1 Å². The Balaban J connectivity index is 1.31. The van der Waals surface area contributed by atoms with Gasteiger partial charge in [-0.2, -0.15) is 0 Å². The summed E-state index contributed by atoms with van der Waals surface area (Å²) in [6.07, 6.45) is 2.74. The third-order valence-electron chi connectivity index (χ3n) is 11.3. The first-order valence-corrected chi connectivity index (χ1v) is 20.4. The number of carbonyl (C=O) groups is 2. The fourth-order valence-corrected chi connectivity index (χ4v) is 9.10. The van der Waals surface area contributed by atoms with E-state index in [9.17, 15) is 15.0 Å². The fourth-order valence-electron chi connectivity index (χ4n) is 8.75. The van der Waals surface area contributed by atoms with Crippen molar-refractivity contribution in [3.8, 4) is 22.6 Å². The summed E-state index contributed by atoms with van der Waals surface area (Å²) >= 11 is 13.6. The largest absolute Gasteiger partial charge is 0.496 e. The molecule has 308 valence electrons. The Labute approximate surface area is 356 Å². The molecule has 0 aliphatic carbocycles. The molecule has 1 amide bonds. The number of anilines is 1. The van der Waals surface area contributed by atoms with Crippen molar-refractivity contribution in [2.75, 3.05) is 25.2 Å². The highest BCUT2D eigenvalue weighted by molar-refractivity contribution is 6.35. The summed E-state index contributed by atoms with van der Waals surface area (Å²) in [5.74, 6) is 0.144. The zero-order valence-electron chi connectivity index (χ0n) is 34.1. The molecular weight excluding hydrogens is 803 g/mol.